The predicted molar refractivity (Wildman–Crippen MR) is 75.2 cm³/mol. The zero-order chi connectivity index (χ0) is 13.3. The Bertz CT molecular complexity index is 672. The first-order chi connectivity index (χ1) is 8.48. The smallest absolute Gasteiger partial charge is 0.154 e. The van der Waals surface area contributed by atoms with Crippen molar-refractivity contribution in [3.63, 3.8) is 0 Å². The number of sulfone groups is 1. The van der Waals surface area contributed by atoms with Crippen molar-refractivity contribution in [1.29, 1.82) is 0 Å². The highest BCUT2D eigenvalue weighted by Crippen LogP contribution is 2.27. The van der Waals surface area contributed by atoms with Crippen LogP contribution in [0.15, 0.2) is 24.4 Å². The summed E-state index contributed by atoms with van der Waals surface area (Å²) >= 11 is 0. The molecule has 0 bridgehead atoms. The highest BCUT2D eigenvalue weighted by molar-refractivity contribution is 7.90. The SMILES string of the molecule is CCn1cc(CS(=O)(=O)CC)c2cccc(N)c21. The minimum absolute atomic E-state index is 0.0798. The Morgan fingerprint density at radius 1 is 1.28 bits per heavy atom. The number of nitrogens with zero attached hydrogens (tertiary/aromatic N) is 1. The van der Waals surface area contributed by atoms with E-state index < -0.39 is 9.84 Å². The average molecular weight is 266 g/mol. The Hall–Kier alpha value is -1.49. The Morgan fingerprint density at radius 2 is 2.00 bits per heavy atom. The molecule has 0 aliphatic heterocycles. The zero-order valence-electron chi connectivity index (χ0n) is 10.7. The van der Waals surface area contributed by atoms with Crippen LogP contribution in [-0.4, -0.2) is 18.7 Å². The normalized spacial score (nSPS) is 12.1. The maximum atomic E-state index is 11.8. The molecule has 98 valence electrons. The molecule has 0 radical (unpaired) electrons. The summed E-state index contributed by atoms with van der Waals surface area (Å²) in [6.45, 7) is 4.46. The molecular weight excluding hydrogens is 248 g/mol. The molecule has 5 heteroatoms. The molecule has 2 N–H and O–H groups in total. The van der Waals surface area contributed by atoms with Crippen LogP contribution in [0.1, 0.15) is 19.4 Å². The summed E-state index contributed by atoms with van der Waals surface area (Å²) in [4.78, 5) is 0. The molecule has 1 heterocycles. The van der Waals surface area contributed by atoms with Crippen molar-refractivity contribution in [2.45, 2.75) is 26.1 Å². The van der Waals surface area contributed by atoms with Gasteiger partial charge in [-0.2, -0.15) is 0 Å². The molecule has 0 atom stereocenters. The molecule has 1 aromatic heterocycles. The van der Waals surface area contributed by atoms with Gasteiger partial charge < -0.3 is 10.3 Å². The summed E-state index contributed by atoms with van der Waals surface area (Å²) in [6.07, 6.45) is 1.90. The van der Waals surface area contributed by atoms with Gasteiger partial charge in [-0.1, -0.05) is 19.1 Å². The van der Waals surface area contributed by atoms with Gasteiger partial charge in [-0.05, 0) is 18.6 Å². The number of aryl methyl sites for hydroxylation is 1. The Kier molecular flexibility index (Phi) is 3.34. The monoisotopic (exact) mass is 266 g/mol. The van der Waals surface area contributed by atoms with Crippen LogP contribution < -0.4 is 5.73 Å². The number of rotatable bonds is 4. The van der Waals surface area contributed by atoms with Gasteiger partial charge in [0.05, 0.1) is 17.0 Å². The lowest BCUT2D eigenvalue weighted by atomic mass is 10.2. The molecule has 1 aromatic carbocycles. The summed E-state index contributed by atoms with van der Waals surface area (Å²) in [6, 6.07) is 5.63. The Morgan fingerprint density at radius 3 is 2.61 bits per heavy atom. The van der Waals surface area contributed by atoms with Crippen molar-refractivity contribution >= 4 is 26.4 Å². The highest BCUT2D eigenvalue weighted by Gasteiger charge is 2.15. The minimum atomic E-state index is -3.03. The lowest BCUT2D eigenvalue weighted by Gasteiger charge is -2.03. The number of benzene rings is 1. The van der Waals surface area contributed by atoms with E-state index in [1.54, 1.807) is 6.92 Å². The van der Waals surface area contributed by atoms with Gasteiger partial charge in [-0.15, -0.1) is 0 Å². The van der Waals surface area contributed by atoms with E-state index in [9.17, 15) is 8.42 Å². The first-order valence-corrected chi connectivity index (χ1v) is 7.87. The second-order valence-corrected chi connectivity index (χ2v) is 6.71. The summed E-state index contributed by atoms with van der Waals surface area (Å²) in [5.74, 6) is 0.241. The molecule has 4 nitrogen and oxygen atoms in total. The largest absolute Gasteiger partial charge is 0.397 e. The van der Waals surface area contributed by atoms with Crippen LogP contribution in [0.3, 0.4) is 0 Å². The first kappa shape index (κ1) is 13.0. The van der Waals surface area contributed by atoms with Gasteiger partial charge in [0.2, 0.25) is 0 Å². The van der Waals surface area contributed by atoms with Crippen molar-refractivity contribution < 1.29 is 8.42 Å². The number of para-hydroxylation sites is 1. The average Bonchev–Trinajstić information content (AvgIpc) is 2.68. The van der Waals surface area contributed by atoms with Gasteiger partial charge in [0.1, 0.15) is 0 Å². The number of hydrogen-bond acceptors (Lipinski definition) is 3. The third kappa shape index (κ3) is 2.22. The van der Waals surface area contributed by atoms with Crippen molar-refractivity contribution in [1.82, 2.24) is 4.57 Å². The molecule has 0 aliphatic rings. The van der Waals surface area contributed by atoms with Gasteiger partial charge in [0, 0.05) is 23.9 Å². The standard InChI is InChI=1S/C13H18N2O2S/c1-3-15-8-10(9-18(16,17)4-2)11-6-5-7-12(14)13(11)15/h5-8H,3-4,9,14H2,1-2H3. The molecule has 0 unspecified atom stereocenters. The van der Waals surface area contributed by atoms with E-state index in [4.69, 9.17) is 5.73 Å². The quantitative estimate of drug-likeness (QED) is 0.863. The van der Waals surface area contributed by atoms with Crippen LogP contribution >= 0.6 is 0 Å². The van der Waals surface area contributed by atoms with Gasteiger partial charge in [-0.25, -0.2) is 8.42 Å². The molecule has 0 aliphatic carbocycles. The van der Waals surface area contributed by atoms with Gasteiger partial charge >= 0.3 is 0 Å². The van der Waals surface area contributed by atoms with Gasteiger partial charge in [0.25, 0.3) is 0 Å². The van der Waals surface area contributed by atoms with E-state index in [2.05, 4.69) is 0 Å². The maximum absolute atomic E-state index is 11.8. The third-order valence-corrected chi connectivity index (χ3v) is 4.80. The summed E-state index contributed by atoms with van der Waals surface area (Å²) in [7, 11) is -3.03. The number of hydrogen-bond donors (Lipinski definition) is 1. The number of nitrogens with two attached hydrogens (primary N) is 1. The van der Waals surface area contributed by atoms with E-state index in [1.165, 1.54) is 0 Å². The molecule has 0 spiro atoms. The molecule has 2 aromatic rings. The topological polar surface area (TPSA) is 65.1 Å². The van der Waals surface area contributed by atoms with Crippen LogP contribution in [0.5, 0.6) is 0 Å². The van der Waals surface area contributed by atoms with Crippen LogP contribution in [-0.2, 0) is 22.1 Å². The third-order valence-electron chi connectivity index (χ3n) is 3.17. The van der Waals surface area contributed by atoms with Crippen LogP contribution in [0.4, 0.5) is 5.69 Å². The van der Waals surface area contributed by atoms with Crippen molar-refractivity contribution in [3.8, 4) is 0 Å². The van der Waals surface area contributed by atoms with E-state index in [0.29, 0.717) is 5.69 Å². The van der Waals surface area contributed by atoms with Gasteiger partial charge in [-0.3, -0.25) is 0 Å². The van der Waals surface area contributed by atoms with Crippen LogP contribution in [0, 0.1) is 0 Å². The van der Waals surface area contributed by atoms with E-state index >= 15 is 0 Å². The first-order valence-electron chi connectivity index (χ1n) is 6.05. The number of fused-ring (bicyclic) bond motifs is 1. The fraction of sp³-hybridized carbons (Fsp3) is 0.385. The van der Waals surface area contributed by atoms with Crippen molar-refractivity contribution in [2.24, 2.45) is 0 Å². The van der Waals surface area contributed by atoms with Crippen LogP contribution in [0.25, 0.3) is 10.9 Å². The van der Waals surface area contributed by atoms with Gasteiger partial charge in [0.15, 0.2) is 9.84 Å². The molecule has 2 rings (SSSR count). The molecular formula is C13H18N2O2S. The molecule has 0 saturated heterocycles. The van der Waals surface area contributed by atoms with Crippen LogP contribution in [0.2, 0.25) is 0 Å². The van der Waals surface area contributed by atoms with Crippen molar-refractivity contribution in [3.05, 3.63) is 30.0 Å². The molecule has 0 amide bonds. The lowest BCUT2D eigenvalue weighted by molar-refractivity contribution is 0.596. The Labute approximate surface area is 107 Å². The maximum Gasteiger partial charge on any atom is 0.154 e. The van der Waals surface area contributed by atoms with E-state index in [-0.39, 0.29) is 11.5 Å². The fourth-order valence-corrected chi connectivity index (χ4v) is 3.07. The molecule has 0 saturated carbocycles. The summed E-state index contributed by atoms with van der Waals surface area (Å²) in [5, 5.41) is 0.939. The highest BCUT2D eigenvalue weighted by atomic mass is 32.2. The summed E-state index contributed by atoms with van der Waals surface area (Å²) in [5.41, 5.74) is 8.43. The number of nitrogen functional groups attached to an aromatic ring is 1. The fourth-order valence-electron chi connectivity index (χ4n) is 2.17. The van der Waals surface area contributed by atoms with E-state index in [0.717, 1.165) is 23.0 Å². The second kappa shape index (κ2) is 4.65. The predicted octanol–water partition coefficient (Wildman–Crippen LogP) is 2.18. The number of anilines is 1. The molecule has 0 fully saturated rings. The lowest BCUT2D eigenvalue weighted by Crippen LogP contribution is -2.06. The van der Waals surface area contributed by atoms with E-state index in [1.807, 2.05) is 35.9 Å². The zero-order valence-corrected chi connectivity index (χ0v) is 11.5. The minimum Gasteiger partial charge on any atom is -0.397 e. The van der Waals surface area contributed by atoms with Crippen molar-refractivity contribution in [2.75, 3.05) is 11.5 Å². The number of aromatic nitrogens is 1. The second-order valence-electron chi connectivity index (χ2n) is 4.36. The summed E-state index contributed by atoms with van der Waals surface area (Å²) < 4.78 is 25.5. The molecule has 18 heavy (non-hydrogen) atoms. The Balaban J connectivity index is 2.63.